The minimum atomic E-state index is -3.59. The summed E-state index contributed by atoms with van der Waals surface area (Å²) in [6.45, 7) is 0. The van der Waals surface area contributed by atoms with Gasteiger partial charge in [0.05, 0.1) is 22.8 Å². The quantitative estimate of drug-likeness (QED) is 0.558. The normalized spacial score (nSPS) is 11.1. The van der Waals surface area contributed by atoms with Crippen molar-refractivity contribution in [3.8, 4) is 0 Å². The van der Waals surface area contributed by atoms with Gasteiger partial charge in [-0.15, -0.1) is 11.3 Å². The molecule has 6 nitrogen and oxygen atoms in total. The molecule has 1 amide bonds. The van der Waals surface area contributed by atoms with Crippen LogP contribution in [-0.4, -0.2) is 28.4 Å². The van der Waals surface area contributed by atoms with Gasteiger partial charge in [0.2, 0.25) is 5.91 Å². The van der Waals surface area contributed by atoms with Crippen LogP contribution in [0.3, 0.4) is 0 Å². The van der Waals surface area contributed by atoms with Crippen LogP contribution in [0.2, 0.25) is 5.02 Å². The average Bonchev–Trinajstić information content (AvgIpc) is 3.18. The van der Waals surface area contributed by atoms with E-state index < -0.39 is 10.0 Å². The van der Waals surface area contributed by atoms with Crippen LogP contribution in [0, 0.1) is 0 Å². The van der Waals surface area contributed by atoms with Crippen LogP contribution in [0.5, 0.6) is 0 Å². The number of benzene rings is 2. The molecule has 9 heteroatoms. The Labute approximate surface area is 179 Å². The Morgan fingerprint density at radius 1 is 1.07 bits per heavy atom. The van der Waals surface area contributed by atoms with Crippen molar-refractivity contribution in [3.63, 3.8) is 0 Å². The first-order valence-corrected chi connectivity index (χ1v) is 11.4. The number of anilines is 3. The number of nitrogens with zero attached hydrogens (tertiary/aromatic N) is 1. The van der Waals surface area contributed by atoms with Crippen molar-refractivity contribution in [2.24, 2.45) is 0 Å². The van der Waals surface area contributed by atoms with E-state index >= 15 is 0 Å². The fourth-order valence-electron chi connectivity index (χ4n) is 2.76. The highest BCUT2D eigenvalue weighted by atomic mass is 35.5. The molecule has 29 heavy (non-hydrogen) atoms. The Morgan fingerprint density at radius 2 is 1.79 bits per heavy atom. The van der Waals surface area contributed by atoms with Gasteiger partial charge in [-0.1, -0.05) is 35.9 Å². The molecule has 0 aliphatic heterocycles. The summed E-state index contributed by atoms with van der Waals surface area (Å²) in [5.41, 5.74) is 2.57. The number of para-hydroxylation sites is 1. The molecule has 0 saturated heterocycles. The lowest BCUT2D eigenvalue weighted by Crippen LogP contribution is -2.18. The maximum atomic E-state index is 12.5. The smallest absolute Gasteiger partial charge is 0.271 e. The second-order valence-corrected chi connectivity index (χ2v) is 9.75. The van der Waals surface area contributed by atoms with E-state index in [4.69, 9.17) is 11.6 Å². The van der Waals surface area contributed by atoms with Gasteiger partial charge in [0.1, 0.15) is 4.21 Å². The number of carbonyl (C=O) groups is 1. The summed E-state index contributed by atoms with van der Waals surface area (Å²) >= 11 is 7.38. The molecule has 0 radical (unpaired) electrons. The van der Waals surface area contributed by atoms with Crippen molar-refractivity contribution < 1.29 is 13.2 Å². The SMILES string of the molecule is CN(C)c1c(Cl)cccc1NC(=O)Cc1ccc(NS(=O)(=O)c2cccs2)cc1. The largest absolute Gasteiger partial charge is 0.375 e. The molecule has 0 fully saturated rings. The van der Waals surface area contributed by atoms with Gasteiger partial charge in [-0.05, 0) is 41.3 Å². The molecule has 1 aromatic heterocycles. The molecule has 0 bridgehead atoms. The van der Waals surface area contributed by atoms with Gasteiger partial charge in [0, 0.05) is 19.8 Å². The van der Waals surface area contributed by atoms with Crippen LogP contribution >= 0.6 is 22.9 Å². The van der Waals surface area contributed by atoms with E-state index in [-0.39, 0.29) is 16.5 Å². The van der Waals surface area contributed by atoms with Crippen LogP contribution in [0.15, 0.2) is 64.2 Å². The molecular formula is C20H20ClN3O3S2. The molecule has 3 aromatic rings. The van der Waals surface area contributed by atoms with E-state index in [2.05, 4.69) is 10.0 Å². The van der Waals surface area contributed by atoms with E-state index in [9.17, 15) is 13.2 Å². The van der Waals surface area contributed by atoms with E-state index in [0.717, 1.165) is 22.6 Å². The maximum Gasteiger partial charge on any atom is 0.271 e. The summed E-state index contributed by atoms with van der Waals surface area (Å²) in [4.78, 5) is 14.3. The lowest BCUT2D eigenvalue weighted by Gasteiger charge is -2.19. The molecule has 3 rings (SSSR count). The fraction of sp³-hybridized carbons (Fsp3) is 0.150. The topological polar surface area (TPSA) is 78.5 Å². The van der Waals surface area contributed by atoms with E-state index in [1.807, 2.05) is 19.0 Å². The second-order valence-electron chi connectivity index (χ2n) is 6.49. The van der Waals surface area contributed by atoms with Gasteiger partial charge < -0.3 is 10.2 Å². The fourth-order valence-corrected chi connectivity index (χ4v) is 5.16. The average molecular weight is 450 g/mol. The number of nitrogens with one attached hydrogen (secondary N) is 2. The Morgan fingerprint density at radius 3 is 2.41 bits per heavy atom. The first kappa shape index (κ1) is 21.2. The van der Waals surface area contributed by atoms with Crippen molar-refractivity contribution >= 4 is 55.9 Å². The molecule has 152 valence electrons. The lowest BCUT2D eigenvalue weighted by molar-refractivity contribution is -0.115. The Kier molecular flexibility index (Phi) is 6.46. The molecule has 0 unspecified atom stereocenters. The van der Waals surface area contributed by atoms with Crippen molar-refractivity contribution in [1.29, 1.82) is 0 Å². The zero-order valence-corrected chi connectivity index (χ0v) is 18.2. The number of thiophene rings is 1. The first-order chi connectivity index (χ1) is 13.8. The summed E-state index contributed by atoms with van der Waals surface area (Å²) in [5, 5.41) is 5.13. The molecular weight excluding hydrogens is 430 g/mol. The molecule has 0 aliphatic carbocycles. The van der Waals surface area contributed by atoms with E-state index in [1.165, 1.54) is 0 Å². The van der Waals surface area contributed by atoms with Crippen molar-refractivity contribution in [2.75, 3.05) is 29.0 Å². The van der Waals surface area contributed by atoms with Gasteiger partial charge in [-0.25, -0.2) is 8.42 Å². The molecule has 0 atom stereocenters. The number of rotatable bonds is 7. The number of carbonyl (C=O) groups excluding carboxylic acids is 1. The highest BCUT2D eigenvalue weighted by Gasteiger charge is 2.15. The van der Waals surface area contributed by atoms with Crippen molar-refractivity contribution in [1.82, 2.24) is 0 Å². The zero-order chi connectivity index (χ0) is 21.0. The van der Waals surface area contributed by atoms with Gasteiger partial charge >= 0.3 is 0 Å². The minimum absolute atomic E-state index is 0.150. The van der Waals surface area contributed by atoms with Crippen LogP contribution in [0.25, 0.3) is 0 Å². The van der Waals surface area contributed by atoms with Crippen molar-refractivity contribution in [3.05, 3.63) is 70.6 Å². The predicted octanol–water partition coefficient (Wildman–Crippen LogP) is 4.45. The van der Waals surface area contributed by atoms with E-state index in [1.54, 1.807) is 60.0 Å². The first-order valence-electron chi connectivity index (χ1n) is 8.67. The lowest BCUT2D eigenvalue weighted by atomic mass is 10.1. The van der Waals surface area contributed by atoms with Crippen molar-refractivity contribution in [2.45, 2.75) is 10.6 Å². The summed E-state index contributed by atoms with van der Waals surface area (Å²) in [6, 6.07) is 15.3. The van der Waals surface area contributed by atoms with Gasteiger partial charge in [-0.2, -0.15) is 0 Å². The molecule has 2 N–H and O–H groups in total. The zero-order valence-electron chi connectivity index (χ0n) is 15.8. The Hall–Kier alpha value is -2.55. The molecule has 0 aliphatic rings. The molecule has 0 spiro atoms. The summed E-state index contributed by atoms with van der Waals surface area (Å²) < 4.78 is 27.3. The Balaban J connectivity index is 1.66. The van der Waals surface area contributed by atoms with E-state index in [0.29, 0.717) is 16.4 Å². The van der Waals surface area contributed by atoms with Crippen LogP contribution in [-0.2, 0) is 21.2 Å². The molecule has 2 aromatic carbocycles. The van der Waals surface area contributed by atoms with Gasteiger partial charge in [-0.3, -0.25) is 9.52 Å². The predicted molar refractivity (Wildman–Crippen MR) is 120 cm³/mol. The summed E-state index contributed by atoms with van der Waals surface area (Å²) in [7, 11) is 0.116. The number of sulfonamides is 1. The minimum Gasteiger partial charge on any atom is -0.375 e. The van der Waals surface area contributed by atoms with Gasteiger partial charge in [0.25, 0.3) is 10.0 Å². The van der Waals surface area contributed by atoms with Crippen LogP contribution in [0.1, 0.15) is 5.56 Å². The summed E-state index contributed by atoms with van der Waals surface area (Å²) in [5.74, 6) is -0.192. The number of hydrogen-bond acceptors (Lipinski definition) is 5. The maximum absolute atomic E-state index is 12.5. The van der Waals surface area contributed by atoms with Crippen LogP contribution < -0.4 is 14.9 Å². The third-order valence-corrected chi connectivity index (χ3v) is 7.12. The number of amides is 1. The molecule has 1 heterocycles. The monoisotopic (exact) mass is 449 g/mol. The van der Waals surface area contributed by atoms with Crippen LogP contribution in [0.4, 0.5) is 17.1 Å². The third kappa shape index (κ3) is 5.29. The third-order valence-electron chi connectivity index (χ3n) is 4.04. The molecule has 0 saturated carbocycles. The number of halogens is 1. The summed E-state index contributed by atoms with van der Waals surface area (Å²) in [6.07, 6.45) is 0.150. The highest BCUT2D eigenvalue weighted by molar-refractivity contribution is 7.94. The van der Waals surface area contributed by atoms with Gasteiger partial charge in [0.15, 0.2) is 0 Å². The number of hydrogen-bond donors (Lipinski definition) is 2. The standard InChI is InChI=1S/C20H20ClN3O3S2/c1-24(2)20-16(21)5-3-6-17(20)22-18(25)13-14-8-10-15(11-9-14)23-29(26,27)19-7-4-12-28-19/h3-12,23H,13H2,1-2H3,(H,22,25). The Bertz CT molecular complexity index is 1100. The highest BCUT2D eigenvalue weighted by Crippen LogP contribution is 2.32. The second kappa shape index (κ2) is 8.86.